The van der Waals surface area contributed by atoms with E-state index < -0.39 is 0 Å². The third kappa shape index (κ3) is 4.23. The molecule has 1 aliphatic rings. The number of ether oxygens (including phenoxy) is 1. The molecule has 1 saturated heterocycles. The number of amides is 2. The number of thioether (sulfide) groups is 1. The Labute approximate surface area is 164 Å². The molecule has 2 heterocycles. The average Bonchev–Trinajstić information content (AvgIpc) is 3.27. The van der Waals surface area contributed by atoms with Crippen LogP contribution in [0.3, 0.4) is 0 Å². The Morgan fingerprint density at radius 1 is 1.26 bits per heavy atom. The summed E-state index contributed by atoms with van der Waals surface area (Å²) in [5.41, 5.74) is 2.38. The van der Waals surface area contributed by atoms with Crippen molar-refractivity contribution in [3.05, 3.63) is 53.5 Å². The first-order valence-corrected chi connectivity index (χ1v) is 10.4. The van der Waals surface area contributed by atoms with Crippen LogP contribution in [0.25, 0.3) is 10.2 Å². The van der Waals surface area contributed by atoms with E-state index in [4.69, 9.17) is 4.74 Å². The Morgan fingerprint density at radius 2 is 2.15 bits per heavy atom. The van der Waals surface area contributed by atoms with Crippen molar-refractivity contribution in [2.24, 2.45) is 0 Å². The SMILES string of the molecule is O=C(CSCc1nc2ccccc2s1)Nc1cccc(N2CCOC2=O)c1. The number of benzene rings is 2. The highest BCUT2D eigenvalue weighted by atomic mass is 32.2. The Kier molecular flexibility index (Phi) is 5.26. The smallest absolute Gasteiger partial charge is 0.414 e. The van der Waals surface area contributed by atoms with Crippen LogP contribution < -0.4 is 10.2 Å². The lowest BCUT2D eigenvalue weighted by Crippen LogP contribution is -2.23. The fourth-order valence-corrected chi connectivity index (χ4v) is 4.64. The van der Waals surface area contributed by atoms with Gasteiger partial charge in [0.15, 0.2) is 0 Å². The fourth-order valence-electron chi connectivity index (χ4n) is 2.79. The summed E-state index contributed by atoms with van der Waals surface area (Å²) in [7, 11) is 0. The number of hydrogen-bond acceptors (Lipinski definition) is 6. The van der Waals surface area contributed by atoms with E-state index in [9.17, 15) is 9.59 Å². The zero-order valence-electron chi connectivity index (χ0n) is 14.4. The quantitative estimate of drug-likeness (QED) is 0.675. The molecule has 1 fully saturated rings. The summed E-state index contributed by atoms with van der Waals surface area (Å²) in [6.07, 6.45) is -0.357. The highest BCUT2D eigenvalue weighted by Crippen LogP contribution is 2.25. The fraction of sp³-hybridized carbons (Fsp3) is 0.211. The molecule has 0 radical (unpaired) electrons. The largest absolute Gasteiger partial charge is 0.447 e. The van der Waals surface area contributed by atoms with Crippen LogP contribution in [0.5, 0.6) is 0 Å². The molecule has 6 nitrogen and oxygen atoms in total. The van der Waals surface area contributed by atoms with Crippen LogP contribution in [0.1, 0.15) is 5.01 Å². The zero-order chi connectivity index (χ0) is 18.6. The summed E-state index contributed by atoms with van der Waals surface area (Å²) in [4.78, 5) is 30.0. The first kappa shape index (κ1) is 17.8. The number of carbonyl (C=O) groups excluding carboxylic acids is 2. The molecule has 2 aromatic carbocycles. The van der Waals surface area contributed by atoms with Crippen molar-refractivity contribution in [2.75, 3.05) is 29.1 Å². The molecule has 1 aromatic heterocycles. The molecule has 1 N–H and O–H groups in total. The Balaban J connectivity index is 1.31. The molecule has 8 heteroatoms. The van der Waals surface area contributed by atoms with Gasteiger partial charge in [0.2, 0.25) is 5.91 Å². The molecule has 0 atom stereocenters. The highest BCUT2D eigenvalue weighted by molar-refractivity contribution is 7.99. The molecule has 2 amide bonds. The minimum atomic E-state index is -0.357. The summed E-state index contributed by atoms with van der Waals surface area (Å²) in [5, 5.41) is 3.90. The summed E-state index contributed by atoms with van der Waals surface area (Å²) in [6.45, 7) is 0.909. The van der Waals surface area contributed by atoms with Crippen LogP contribution in [0, 0.1) is 0 Å². The van der Waals surface area contributed by atoms with Crippen molar-refractivity contribution in [1.29, 1.82) is 0 Å². The maximum Gasteiger partial charge on any atom is 0.414 e. The normalized spacial score (nSPS) is 13.8. The number of thiazole rings is 1. The topological polar surface area (TPSA) is 71.5 Å². The maximum atomic E-state index is 12.2. The third-order valence-electron chi connectivity index (χ3n) is 4.00. The van der Waals surface area contributed by atoms with Crippen molar-refractivity contribution < 1.29 is 14.3 Å². The van der Waals surface area contributed by atoms with Gasteiger partial charge in [0, 0.05) is 17.1 Å². The summed E-state index contributed by atoms with van der Waals surface area (Å²) >= 11 is 3.19. The van der Waals surface area contributed by atoms with Crippen LogP contribution in [0.2, 0.25) is 0 Å². The van der Waals surface area contributed by atoms with Gasteiger partial charge in [-0.15, -0.1) is 23.1 Å². The van der Waals surface area contributed by atoms with Crippen LogP contribution >= 0.6 is 23.1 Å². The summed E-state index contributed by atoms with van der Waals surface area (Å²) in [5.74, 6) is 0.959. The lowest BCUT2D eigenvalue weighted by molar-refractivity contribution is -0.113. The minimum absolute atomic E-state index is 0.0812. The van der Waals surface area contributed by atoms with Gasteiger partial charge < -0.3 is 10.1 Å². The molecular formula is C19H17N3O3S2. The van der Waals surface area contributed by atoms with E-state index >= 15 is 0 Å². The second kappa shape index (κ2) is 7.98. The van der Waals surface area contributed by atoms with Gasteiger partial charge in [-0.05, 0) is 30.3 Å². The van der Waals surface area contributed by atoms with Gasteiger partial charge in [0.1, 0.15) is 11.6 Å². The van der Waals surface area contributed by atoms with Gasteiger partial charge in [-0.1, -0.05) is 18.2 Å². The molecule has 0 bridgehead atoms. The number of nitrogens with one attached hydrogen (secondary N) is 1. The number of rotatable bonds is 6. The zero-order valence-corrected chi connectivity index (χ0v) is 16.0. The van der Waals surface area contributed by atoms with Gasteiger partial charge in [-0.25, -0.2) is 9.78 Å². The van der Waals surface area contributed by atoms with Gasteiger partial charge in [-0.3, -0.25) is 9.69 Å². The Bertz CT molecular complexity index is 956. The number of aromatic nitrogens is 1. The molecule has 0 aliphatic carbocycles. The molecule has 0 unspecified atom stereocenters. The first-order valence-electron chi connectivity index (χ1n) is 8.45. The average molecular weight is 399 g/mol. The number of anilines is 2. The van der Waals surface area contributed by atoms with Gasteiger partial charge in [0.05, 0.1) is 22.5 Å². The Morgan fingerprint density at radius 3 is 2.96 bits per heavy atom. The monoisotopic (exact) mass is 399 g/mol. The van der Waals surface area contributed by atoms with E-state index in [1.807, 2.05) is 30.3 Å². The van der Waals surface area contributed by atoms with E-state index in [2.05, 4.69) is 16.4 Å². The van der Waals surface area contributed by atoms with Crippen LogP contribution in [0.4, 0.5) is 16.2 Å². The number of nitrogens with zero attached hydrogens (tertiary/aromatic N) is 2. The number of fused-ring (bicyclic) bond motifs is 1. The Hall–Kier alpha value is -2.58. The van der Waals surface area contributed by atoms with Crippen molar-refractivity contribution >= 4 is 56.7 Å². The summed E-state index contributed by atoms with van der Waals surface area (Å²) < 4.78 is 6.11. The number of para-hydroxylation sites is 1. The summed E-state index contributed by atoms with van der Waals surface area (Å²) in [6, 6.07) is 15.2. The molecule has 3 aromatic rings. The third-order valence-corrected chi connectivity index (χ3v) is 6.16. The van der Waals surface area contributed by atoms with Crippen LogP contribution in [-0.4, -0.2) is 35.9 Å². The van der Waals surface area contributed by atoms with Gasteiger partial charge >= 0.3 is 6.09 Å². The van der Waals surface area contributed by atoms with Gasteiger partial charge in [0.25, 0.3) is 0 Å². The standard InChI is InChI=1S/C19H17N3O3S2/c23-17(11-26-12-18-21-15-6-1-2-7-16(15)27-18)20-13-4-3-5-14(10-13)22-8-9-25-19(22)24/h1-7,10H,8-9,11-12H2,(H,20,23). The van der Waals surface area contributed by atoms with Crippen LogP contribution in [0.15, 0.2) is 48.5 Å². The maximum absolute atomic E-state index is 12.2. The number of hydrogen-bond donors (Lipinski definition) is 1. The predicted molar refractivity (Wildman–Crippen MR) is 110 cm³/mol. The highest BCUT2D eigenvalue weighted by Gasteiger charge is 2.23. The molecule has 0 spiro atoms. The first-order chi connectivity index (χ1) is 13.2. The van der Waals surface area contributed by atoms with Gasteiger partial charge in [-0.2, -0.15) is 0 Å². The van der Waals surface area contributed by atoms with E-state index in [1.165, 1.54) is 11.8 Å². The van der Waals surface area contributed by atoms with Crippen LogP contribution in [-0.2, 0) is 15.3 Å². The van der Waals surface area contributed by atoms with E-state index in [-0.39, 0.29) is 12.0 Å². The molecule has 1 aliphatic heterocycles. The van der Waals surface area contributed by atoms with Crippen molar-refractivity contribution in [3.63, 3.8) is 0 Å². The molecule has 27 heavy (non-hydrogen) atoms. The second-order valence-corrected chi connectivity index (χ2v) is 8.03. The number of cyclic esters (lactones) is 1. The van der Waals surface area contributed by atoms with E-state index in [0.29, 0.717) is 30.3 Å². The lowest BCUT2D eigenvalue weighted by atomic mass is 10.2. The molecular weight excluding hydrogens is 382 g/mol. The van der Waals surface area contributed by atoms with E-state index in [0.717, 1.165) is 20.9 Å². The lowest BCUT2D eigenvalue weighted by Gasteiger charge is -2.14. The van der Waals surface area contributed by atoms with Crippen molar-refractivity contribution in [3.8, 4) is 0 Å². The minimum Gasteiger partial charge on any atom is -0.447 e. The number of carbonyl (C=O) groups is 2. The molecule has 138 valence electrons. The predicted octanol–water partition coefficient (Wildman–Crippen LogP) is 4.12. The molecule has 4 rings (SSSR count). The molecule has 0 saturated carbocycles. The second-order valence-electron chi connectivity index (χ2n) is 5.93. The van der Waals surface area contributed by atoms with E-state index in [1.54, 1.807) is 28.4 Å². The van der Waals surface area contributed by atoms with Crippen molar-refractivity contribution in [1.82, 2.24) is 4.98 Å². The van der Waals surface area contributed by atoms with Crippen molar-refractivity contribution in [2.45, 2.75) is 5.75 Å².